The van der Waals surface area contributed by atoms with Crippen LogP contribution in [0.4, 0.5) is 13.2 Å². The molecule has 8 heteroatoms. The van der Waals surface area contributed by atoms with Crippen LogP contribution in [0.25, 0.3) is 11.1 Å². The predicted octanol–water partition coefficient (Wildman–Crippen LogP) is 8.46. The van der Waals surface area contributed by atoms with E-state index in [0.29, 0.717) is 5.92 Å². The van der Waals surface area contributed by atoms with Gasteiger partial charge in [-0.2, -0.15) is 0 Å². The van der Waals surface area contributed by atoms with E-state index >= 15 is 0 Å². The van der Waals surface area contributed by atoms with Gasteiger partial charge in [0, 0.05) is 5.57 Å². The van der Waals surface area contributed by atoms with Crippen LogP contribution >= 0.6 is 0 Å². The normalized spacial score (nSPS) is 12.9. The Hall–Kier alpha value is -4.20. The maximum Gasteiger partial charge on any atom is 0.322 e. The van der Waals surface area contributed by atoms with Crippen molar-refractivity contribution >= 4 is 28.8 Å². The number of aliphatic carboxylic acids is 1. The second-order valence-electron chi connectivity index (χ2n) is 10.5. The number of benzene rings is 3. The molecule has 5 nitrogen and oxygen atoms in total. The first-order chi connectivity index (χ1) is 20.9. The minimum absolute atomic E-state index is 0.0461. The third-order valence-electron chi connectivity index (χ3n) is 7.67. The Morgan fingerprint density at radius 1 is 0.909 bits per heavy atom. The first-order valence-corrected chi connectivity index (χ1v) is 14.9. The second kappa shape index (κ2) is 16.6. The average molecular weight is 610 g/mol. The van der Waals surface area contributed by atoms with Crippen LogP contribution in [0.1, 0.15) is 104 Å². The smallest absolute Gasteiger partial charge is 0.322 e. The first kappa shape index (κ1) is 36.0. The number of allylic oxidation sites excluding steroid dienone is 2. The number of Topliss-reactive ketones (excluding diaryl/α,β-unsaturated/α-hetero) is 1. The maximum atomic E-state index is 14.1. The Balaban J connectivity index is 0.000000337. The summed E-state index contributed by atoms with van der Waals surface area (Å²) >= 11 is 0. The van der Waals surface area contributed by atoms with Crippen molar-refractivity contribution in [2.24, 2.45) is 0 Å². The lowest BCUT2D eigenvalue weighted by Crippen LogP contribution is -2.30. The van der Waals surface area contributed by atoms with E-state index in [0.717, 1.165) is 71.7 Å². The Labute approximate surface area is 258 Å². The summed E-state index contributed by atoms with van der Waals surface area (Å²) in [5, 5.41) is 10.1. The van der Waals surface area contributed by atoms with Crippen LogP contribution in [0.2, 0.25) is 0 Å². The van der Waals surface area contributed by atoms with E-state index < -0.39 is 35.6 Å². The molecule has 0 heterocycles. The first-order valence-electron chi connectivity index (χ1n) is 14.9. The third kappa shape index (κ3) is 8.68. The molecule has 0 aromatic heterocycles. The van der Waals surface area contributed by atoms with Crippen LogP contribution in [0, 0.1) is 24.4 Å². The number of carbonyl (C=O) groups excluding carboxylic acids is 2. The van der Waals surface area contributed by atoms with E-state index in [9.17, 15) is 27.6 Å². The zero-order valence-corrected chi connectivity index (χ0v) is 26.5. The molecule has 236 valence electrons. The summed E-state index contributed by atoms with van der Waals surface area (Å²) in [4.78, 5) is 34.0. The van der Waals surface area contributed by atoms with Crippen molar-refractivity contribution in [2.45, 2.75) is 80.1 Å². The fourth-order valence-electron chi connectivity index (χ4n) is 5.37. The van der Waals surface area contributed by atoms with Crippen LogP contribution < -0.4 is 5.32 Å². The summed E-state index contributed by atoms with van der Waals surface area (Å²) in [5.74, 6) is -4.34. The highest BCUT2D eigenvalue weighted by Gasteiger charge is 2.24. The minimum atomic E-state index is -1.29. The Morgan fingerprint density at radius 3 is 2.09 bits per heavy atom. The van der Waals surface area contributed by atoms with Crippen molar-refractivity contribution in [1.29, 1.82) is 0 Å². The monoisotopic (exact) mass is 609 g/mol. The molecular weight excluding hydrogens is 567 g/mol. The van der Waals surface area contributed by atoms with Gasteiger partial charge in [-0.1, -0.05) is 52.0 Å². The molecular formula is C36H42F3NO4. The molecule has 3 aromatic carbocycles. The molecule has 1 aliphatic rings. The highest BCUT2D eigenvalue weighted by atomic mass is 19.1. The average Bonchev–Trinajstić information content (AvgIpc) is 3.49. The highest BCUT2D eigenvalue weighted by Crippen LogP contribution is 2.38. The van der Waals surface area contributed by atoms with Gasteiger partial charge in [0.1, 0.15) is 29.6 Å². The lowest BCUT2D eigenvalue weighted by molar-refractivity contribution is -0.135. The van der Waals surface area contributed by atoms with Crippen LogP contribution in [0.5, 0.6) is 0 Å². The zero-order chi connectivity index (χ0) is 33.1. The molecule has 0 saturated heterocycles. The number of hydrogen-bond donors (Lipinski definition) is 2. The maximum absolute atomic E-state index is 14.1. The van der Waals surface area contributed by atoms with Gasteiger partial charge in [-0.15, -0.1) is 0 Å². The van der Waals surface area contributed by atoms with E-state index in [-0.39, 0.29) is 11.6 Å². The fourth-order valence-corrected chi connectivity index (χ4v) is 5.37. The molecule has 0 spiro atoms. The van der Waals surface area contributed by atoms with E-state index in [1.54, 1.807) is 13.0 Å². The van der Waals surface area contributed by atoms with Crippen LogP contribution in [-0.2, 0) is 22.4 Å². The Morgan fingerprint density at radius 2 is 1.52 bits per heavy atom. The van der Waals surface area contributed by atoms with Crippen molar-refractivity contribution in [2.75, 3.05) is 6.54 Å². The minimum Gasteiger partial charge on any atom is -0.480 e. The zero-order valence-electron chi connectivity index (χ0n) is 26.5. The molecule has 0 bridgehead atoms. The summed E-state index contributed by atoms with van der Waals surface area (Å²) < 4.78 is 40.1. The number of nitrogens with one attached hydrogen (secondary N) is 1. The number of carbonyl (C=O) groups is 3. The second-order valence-corrected chi connectivity index (χ2v) is 10.5. The Kier molecular flexibility index (Phi) is 13.6. The van der Waals surface area contributed by atoms with Gasteiger partial charge >= 0.3 is 5.97 Å². The van der Waals surface area contributed by atoms with Crippen molar-refractivity contribution in [3.05, 3.63) is 105 Å². The summed E-state index contributed by atoms with van der Waals surface area (Å²) in [6.45, 7) is 13.3. The molecule has 1 amide bonds. The molecule has 3 aromatic rings. The summed E-state index contributed by atoms with van der Waals surface area (Å²) in [6, 6.07) is 12.1. The lowest BCUT2D eigenvalue weighted by atomic mass is 9.84. The molecule has 1 atom stereocenters. The number of ketones is 1. The number of hydrogen-bond acceptors (Lipinski definition) is 3. The van der Waals surface area contributed by atoms with Crippen LogP contribution in [0.3, 0.4) is 0 Å². The topological polar surface area (TPSA) is 83.5 Å². The predicted molar refractivity (Wildman–Crippen MR) is 169 cm³/mol. The standard InChI is InChI=1S/C25H29FO.C9H7F2NO3.C2H6/c1-6-15(2)21-13-11-19(26)14-24(21)17(4)25(18(5)27)23-12-10-16(3)20-8-7-9-22(20)23;10-5-2-1-3-6(11)8(5)9(15)12-4-7(13)14;1-2/h10-15H,6-9H2,1-5H3;1-3H,4H2,(H,12,15)(H,13,14);1-2H3/b25-17+;;. The van der Waals surface area contributed by atoms with Crippen LogP contribution in [0.15, 0.2) is 48.5 Å². The van der Waals surface area contributed by atoms with Gasteiger partial charge in [0.2, 0.25) is 0 Å². The van der Waals surface area contributed by atoms with Gasteiger partial charge in [0.25, 0.3) is 5.91 Å². The lowest BCUT2D eigenvalue weighted by Gasteiger charge is -2.20. The van der Waals surface area contributed by atoms with Crippen molar-refractivity contribution in [3.8, 4) is 0 Å². The van der Waals surface area contributed by atoms with Crippen LogP contribution in [-0.4, -0.2) is 29.3 Å². The number of carboxylic acid groups (broad SMARTS) is 1. The van der Waals surface area contributed by atoms with Gasteiger partial charge in [0.05, 0.1) is 0 Å². The summed E-state index contributed by atoms with van der Waals surface area (Å²) in [5.41, 5.74) is 7.86. The molecule has 0 saturated carbocycles. The molecule has 0 fully saturated rings. The number of halogens is 3. The third-order valence-corrected chi connectivity index (χ3v) is 7.67. The number of fused-ring (bicyclic) bond motifs is 1. The van der Waals surface area contributed by atoms with E-state index in [1.165, 1.54) is 22.8 Å². The number of amides is 1. The molecule has 1 aliphatic carbocycles. The number of aryl methyl sites for hydroxylation is 1. The number of carboxylic acids is 1. The molecule has 4 rings (SSSR count). The largest absolute Gasteiger partial charge is 0.480 e. The fraction of sp³-hybridized carbons (Fsp3) is 0.361. The molecule has 0 radical (unpaired) electrons. The van der Waals surface area contributed by atoms with Gasteiger partial charge in [-0.25, -0.2) is 13.2 Å². The van der Waals surface area contributed by atoms with E-state index in [2.05, 4.69) is 32.9 Å². The van der Waals surface area contributed by atoms with Crippen molar-refractivity contribution in [3.63, 3.8) is 0 Å². The van der Waals surface area contributed by atoms with E-state index in [1.807, 2.05) is 32.2 Å². The number of rotatable bonds is 8. The van der Waals surface area contributed by atoms with Gasteiger partial charge < -0.3 is 10.4 Å². The highest BCUT2D eigenvalue weighted by molar-refractivity contribution is 6.27. The van der Waals surface area contributed by atoms with Gasteiger partial charge in [-0.05, 0) is 116 Å². The van der Waals surface area contributed by atoms with Gasteiger partial charge in [0.15, 0.2) is 5.78 Å². The molecule has 2 N–H and O–H groups in total. The molecule has 1 unspecified atom stereocenters. The SMILES string of the molecule is CC.CCC(C)c1ccc(F)cc1/C(C)=C(\C(C)=O)c1ccc(C)c2c1CCC2.O=C(O)CNC(=O)c1c(F)cccc1F. The Bertz CT molecular complexity index is 1520. The van der Waals surface area contributed by atoms with Gasteiger partial charge in [-0.3, -0.25) is 14.4 Å². The summed E-state index contributed by atoms with van der Waals surface area (Å²) in [7, 11) is 0. The van der Waals surface area contributed by atoms with E-state index in [4.69, 9.17) is 5.11 Å². The molecule has 44 heavy (non-hydrogen) atoms. The van der Waals surface area contributed by atoms with Crippen molar-refractivity contribution in [1.82, 2.24) is 5.32 Å². The van der Waals surface area contributed by atoms with Crippen molar-refractivity contribution < 1.29 is 32.7 Å². The molecule has 0 aliphatic heterocycles. The quantitative estimate of drug-likeness (QED) is 0.198. The summed E-state index contributed by atoms with van der Waals surface area (Å²) in [6.07, 6.45) is 4.20.